The van der Waals surface area contributed by atoms with Gasteiger partial charge in [0.2, 0.25) is 0 Å². The van der Waals surface area contributed by atoms with Gasteiger partial charge in [0.05, 0.1) is 0 Å². The molecule has 0 radical (unpaired) electrons. The number of halogens is 1. The van der Waals surface area contributed by atoms with Crippen molar-refractivity contribution in [3.05, 3.63) is 41.7 Å². The summed E-state index contributed by atoms with van der Waals surface area (Å²) in [5, 5.41) is 6.98. The maximum atomic E-state index is 13.9. The predicted octanol–water partition coefficient (Wildman–Crippen LogP) is 1.81. The van der Waals surface area contributed by atoms with Crippen LogP contribution in [0.4, 0.5) is 4.39 Å². The standard InChI is InChI=1S/C13H17FN4O/c1-9(15-2)10-4-5-12(11(14)6-10)19-7-13-16-8-17-18(13)3/h4-6,8-9,15H,7H2,1-3H3. The molecule has 0 saturated carbocycles. The zero-order valence-corrected chi connectivity index (χ0v) is 11.2. The van der Waals surface area contributed by atoms with Crippen molar-refractivity contribution in [3.8, 4) is 5.75 Å². The molecule has 2 aromatic rings. The van der Waals surface area contributed by atoms with Crippen molar-refractivity contribution >= 4 is 0 Å². The molecule has 19 heavy (non-hydrogen) atoms. The number of rotatable bonds is 5. The number of ether oxygens (including phenoxy) is 1. The van der Waals surface area contributed by atoms with Crippen LogP contribution in [0.5, 0.6) is 5.75 Å². The molecule has 0 fully saturated rings. The van der Waals surface area contributed by atoms with Gasteiger partial charge in [-0.2, -0.15) is 5.10 Å². The first-order chi connectivity index (χ1) is 9.11. The average Bonchev–Trinajstić information content (AvgIpc) is 2.82. The van der Waals surface area contributed by atoms with E-state index in [2.05, 4.69) is 15.4 Å². The molecule has 1 aromatic carbocycles. The number of hydrogen-bond acceptors (Lipinski definition) is 4. The Hall–Kier alpha value is -1.95. The van der Waals surface area contributed by atoms with E-state index in [0.717, 1.165) is 5.56 Å². The second-order valence-corrected chi connectivity index (χ2v) is 4.29. The van der Waals surface area contributed by atoms with Crippen LogP contribution in [0.1, 0.15) is 24.4 Å². The number of aryl methyl sites for hydroxylation is 1. The van der Waals surface area contributed by atoms with Gasteiger partial charge in [0.15, 0.2) is 17.4 Å². The molecule has 1 atom stereocenters. The zero-order chi connectivity index (χ0) is 13.8. The molecule has 0 aliphatic heterocycles. The fraction of sp³-hybridized carbons (Fsp3) is 0.385. The van der Waals surface area contributed by atoms with Gasteiger partial charge in [-0.3, -0.25) is 4.68 Å². The third kappa shape index (κ3) is 3.08. The lowest BCUT2D eigenvalue weighted by molar-refractivity contribution is 0.275. The molecule has 1 N–H and O–H groups in total. The molecule has 5 nitrogen and oxygen atoms in total. The van der Waals surface area contributed by atoms with E-state index in [1.807, 2.05) is 20.0 Å². The van der Waals surface area contributed by atoms with E-state index in [1.54, 1.807) is 17.8 Å². The van der Waals surface area contributed by atoms with E-state index in [9.17, 15) is 4.39 Å². The van der Waals surface area contributed by atoms with Gasteiger partial charge in [0, 0.05) is 13.1 Å². The van der Waals surface area contributed by atoms with E-state index in [0.29, 0.717) is 5.82 Å². The quantitative estimate of drug-likeness (QED) is 0.895. The van der Waals surface area contributed by atoms with Crippen molar-refractivity contribution in [2.45, 2.75) is 19.6 Å². The molecule has 1 heterocycles. The minimum absolute atomic E-state index is 0.0993. The van der Waals surface area contributed by atoms with Crippen molar-refractivity contribution in [1.29, 1.82) is 0 Å². The van der Waals surface area contributed by atoms with E-state index in [-0.39, 0.29) is 24.2 Å². The number of aromatic nitrogens is 3. The van der Waals surface area contributed by atoms with Crippen molar-refractivity contribution in [2.75, 3.05) is 7.05 Å². The van der Waals surface area contributed by atoms with Crippen LogP contribution in [0.3, 0.4) is 0 Å². The first-order valence-corrected chi connectivity index (χ1v) is 6.04. The molecule has 102 valence electrons. The Morgan fingerprint density at radius 2 is 2.26 bits per heavy atom. The highest BCUT2D eigenvalue weighted by Crippen LogP contribution is 2.22. The third-order valence-electron chi connectivity index (χ3n) is 3.05. The van der Waals surface area contributed by atoms with E-state index in [4.69, 9.17) is 4.74 Å². The van der Waals surface area contributed by atoms with Crippen LogP contribution >= 0.6 is 0 Å². The minimum Gasteiger partial charge on any atom is -0.483 e. The summed E-state index contributed by atoms with van der Waals surface area (Å²) in [5.41, 5.74) is 0.881. The minimum atomic E-state index is -0.373. The van der Waals surface area contributed by atoms with Gasteiger partial charge in [-0.25, -0.2) is 9.37 Å². The third-order valence-corrected chi connectivity index (χ3v) is 3.05. The monoisotopic (exact) mass is 264 g/mol. The molecular formula is C13H17FN4O. The SMILES string of the molecule is CNC(C)c1ccc(OCc2ncnn2C)c(F)c1. The summed E-state index contributed by atoms with van der Waals surface area (Å²) in [7, 11) is 3.60. The van der Waals surface area contributed by atoms with Crippen molar-refractivity contribution in [3.63, 3.8) is 0 Å². The molecule has 1 unspecified atom stereocenters. The fourth-order valence-corrected chi connectivity index (χ4v) is 1.66. The van der Waals surface area contributed by atoms with Crippen LogP contribution in [-0.2, 0) is 13.7 Å². The first-order valence-electron chi connectivity index (χ1n) is 6.04. The zero-order valence-electron chi connectivity index (χ0n) is 11.2. The molecular weight excluding hydrogens is 247 g/mol. The Labute approximate surface area is 111 Å². The maximum Gasteiger partial charge on any atom is 0.165 e. The maximum absolute atomic E-state index is 13.9. The molecule has 0 amide bonds. The van der Waals surface area contributed by atoms with Crippen LogP contribution in [0.15, 0.2) is 24.5 Å². The van der Waals surface area contributed by atoms with Gasteiger partial charge in [-0.1, -0.05) is 6.07 Å². The van der Waals surface area contributed by atoms with Gasteiger partial charge >= 0.3 is 0 Å². The van der Waals surface area contributed by atoms with Crippen LogP contribution in [-0.4, -0.2) is 21.8 Å². The molecule has 0 saturated heterocycles. The van der Waals surface area contributed by atoms with Crippen LogP contribution in [0, 0.1) is 5.82 Å². The summed E-state index contributed by atoms with van der Waals surface area (Å²) in [6, 6.07) is 5.06. The van der Waals surface area contributed by atoms with Crippen LogP contribution < -0.4 is 10.1 Å². The summed E-state index contributed by atoms with van der Waals surface area (Å²) in [4.78, 5) is 4.01. The molecule has 0 aliphatic carbocycles. The normalized spacial score (nSPS) is 12.4. The Bertz CT molecular complexity index is 555. The highest BCUT2D eigenvalue weighted by molar-refractivity contribution is 5.30. The summed E-state index contributed by atoms with van der Waals surface area (Å²) in [6.07, 6.45) is 1.44. The largest absolute Gasteiger partial charge is 0.483 e. The van der Waals surface area contributed by atoms with Gasteiger partial charge < -0.3 is 10.1 Å². The molecule has 2 rings (SSSR count). The lowest BCUT2D eigenvalue weighted by Crippen LogP contribution is -2.12. The number of hydrogen-bond donors (Lipinski definition) is 1. The molecule has 1 aromatic heterocycles. The summed E-state index contributed by atoms with van der Waals surface area (Å²) < 4.78 is 20.9. The summed E-state index contributed by atoms with van der Waals surface area (Å²) in [5.74, 6) is 0.490. The molecule has 0 spiro atoms. The molecule has 0 bridgehead atoms. The number of nitrogens with one attached hydrogen (secondary N) is 1. The highest BCUT2D eigenvalue weighted by Gasteiger charge is 2.10. The predicted molar refractivity (Wildman–Crippen MR) is 69.2 cm³/mol. The van der Waals surface area contributed by atoms with Crippen LogP contribution in [0.2, 0.25) is 0 Å². The van der Waals surface area contributed by atoms with Crippen molar-refractivity contribution in [2.24, 2.45) is 7.05 Å². The second kappa shape index (κ2) is 5.79. The van der Waals surface area contributed by atoms with Gasteiger partial charge in [0.1, 0.15) is 12.9 Å². The number of nitrogens with zero attached hydrogens (tertiary/aromatic N) is 3. The van der Waals surface area contributed by atoms with E-state index in [1.165, 1.54) is 12.4 Å². The Balaban J connectivity index is 2.07. The highest BCUT2D eigenvalue weighted by atomic mass is 19.1. The molecule has 6 heteroatoms. The Kier molecular flexibility index (Phi) is 4.11. The van der Waals surface area contributed by atoms with Gasteiger partial charge in [0.25, 0.3) is 0 Å². The molecule has 0 aliphatic rings. The van der Waals surface area contributed by atoms with E-state index < -0.39 is 0 Å². The lowest BCUT2D eigenvalue weighted by atomic mass is 10.1. The van der Waals surface area contributed by atoms with Gasteiger partial charge in [-0.15, -0.1) is 0 Å². The average molecular weight is 264 g/mol. The summed E-state index contributed by atoms with van der Waals surface area (Å²) >= 11 is 0. The lowest BCUT2D eigenvalue weighted by Gasteiger charge is -2.12. The Morgan fingerprint density at radius 1 is 1.47 bits per heavy atom. The Morgan fingerprint density at radius 3 is 2.84 bits per heavy atom. The second-order valence-electron chi connectivity index (χ2n) is 4.29. The smallest absolute Gasteiger partial charge is 0.165 e. The van der Waals surface area contributed by atoms with Crippen LogP contribution in [0.25, 0.3) is 0 Å². The van der Waals surface area contributed by atoms with Gasteiger partial charge in [-0.05, 0) is 31.7 Å². The fourth-order valence-electron chi connectivity index (χ4n) is 1.66. The topological polar surface area (TPSA) is 52.0 Å². The van der Waals surface area contributed by atoms with Crippen molar-refractivity contribution in [1.82, 2.24) is 20.1 Å². The summed E-state index contributed by atoms with van der Waals surface area (Å²) in [6.45, 7) is 2.16. The van der Waals surface area contributed by atoms with E-state index >= 15 is 0 Å². The van der Waals surface area contributed by atoms with Crippen molar-refractivity contribution < 1.29 is 9.13 Å². The number of benzene rings is 1. The first kappa shape index (κ1) is 13.5.